The smallest absolute Gasteiger partial charge is 0.348 e. The normalized spacial score (nSPS) is 24.9. The Morgan fingerprint density at radius 2 is 1.68 bits per heavy atom. The minimum Gasteiger partial charge on any atom is -0.477 e. The number of carboxylic acids is 1. The van der Waals surface area contributed by atoms with Gasteiger partial charge in [-0.1, -0.05) is 43.3 Å². The molecular formula is C32H42N2O5S. The molecule has 1 aromatic carbocycles. The number of nitrogens with zero attached hydrogens (tertiary/aromatic N) is 1. The monoisotopic (exact) mass is 566 g/mol. The van der Waals surface area contributed by atoms with Gasteiger partial charge in [0.15, 0.2) is 0 Å². The van der Waals surface area contributed by atoms with Gasteiger partial charge in [0, 0.05) is 29.0 Å². The number of amides is 1. The van der Waals surface area contributed by atoms with Crippen LogP contribution in [0, 0.1) is 17.2 Å². The van der Waals surface area contributed by atoms with E-state index in [1.807, 2.05) is 42.5 Å². The molecule has 0 aliphatic heterocycles. The number of thiophene rings is 1. The van der Waals surface area contributed by atoms with Crippen LogP contribution in [0.1, 0.15) is 97.7 Å². The van der Waals surface area contributed by atoms with Crippen molar-refractivity contribution in [3.63, 3.8) is 0 Å². The molecule has 5 rings (SSSR count). The molecule has 8 heteroatoms. The van der Waals surface area contributed by atoms with E-state index in [0.717, 1.165) is 48.1 Å². The largest absolute Gasteiger partial charge is 0.477 e. The molecule has 0 atom stereocenters. The third kappa shape index (κ3) is 7.68. The van der Waals surface area contributed by atoms with Gasteiger partial charge in [0.25, 0.3) is 0 Å². The highest BCUT2D eigenvalue weighted by molar-refractivity contribution is 7.15. The average molecular weight is 567 g/mol. The molecule has 0 saturated heterocycles. The average Bonchev–Trinajstić information content (AvgIpc) is 3.41. The van der Waals surface area contributed by atoms with Crippen LogP contribution in [0.2, 0.25) is 0 Å². The Kier molecular flexibility index (Phi) is 10.7. The summed E-state index contributed by atoms with van der Waals surface area (Å²) < 4.78 is 0. The van der Waals surface area contributed by atoms with Crippen molar-refractivity contribution in [2.45, 2.75) is 96.3 Å². The SMILES string of the molecule is CC1CCC(C(=O)N(c2cc(C3=CCC(=N)CC3)sc2C(=O)O)C2CCC(O)CC2)CC1.OCc1ccccc1. The van der Waals surface area contributed by atoms with Crippen molar-refractivity contribution < 1.29 is 24.9 Å². The van der Waals surface area contributed by atoms with Gasteiger partial charge in [0.1, 0.15) is 4.88 Å². The second-order valence-corrected chi connectivity index (χ2v) is 12.5. The van der Waals surface area contributed by atoms with Crippen molar-refractivity contribution >= 4 is 40.2 Å². The fourth-order valence-electron chi connectivity index (χ4n) is 5.93. The van der Waals surface area contributed by atoms with Crippen LogP contribution >= 0.6 is 11.3 Å². The maximum absolute atomic E-state index is 13.8. The lowest BCUT2D eigenvalue weighted by Crippen LogP contribution is -2.47. The summed E-state index contributed by atoms with van der Waals surface area (Å²) in [6.07, 6.45) is 10.2. The molecule has 1 aromatic heterocycles. The van der Waals surface area contributed by atoms with E-state index in [2.05, 4.69) is 6.92 Å². The summed E-state index contributed by atoms with van der Waals surface area (Å²) in [5, 5.41) is 36.4. The number of benzene rings is 1. The Balaban J connectivity index is 0.000000398. The highest BCUT2D eigenvalue weighted by Crippen LogP contribution is 2.41. The number of hydrogen-bond acceptors (Lipinski definition) is 6. The molecule has 1 heterocycles. The van der Waals surface area contributed by atoms with E-state index < -0.39 is 5.97 Å². The van der Waals surface area contributed by atoms with E-state index in [4.69, 9.17) is 10.5 Å². The third-order valence-electron chi connectivity index (χ3n) is 8.43. The van der Waals surface area contributed by atoms with E-state index in [-0.39, 0.29) is 35.5 Å². The maximum atomic E-state index is 13.8. The van der Waals surface area contributed by atoms with Gasteiger partial charge in [-0.15, -0.1) is 11.3 Å². The molecule has 2 saturated carbocycles. The Morgan fingerprint density at radius 3 is 2.23 bits per heavy atom. The number of carbonyl (C=O) groups is 2. The van der Waals surface area contributed by atoms with E-state index in [1.54, 1.807) is 4.90 Å². The van der Waals surface area contributed by atoms with E-state index >= 15 is 0 Å². The van der Waals surface area contributed by atoms with Crippen molar-refractivity contribution in [3.8, 4) is 0 Å². The Labute approximate surface area is 241 Å². The van der Waals surface area contributed by atoms with Gasteiger partial charge in [-0.3, -0.25) is 4.79 Å². The second kappa shape index (κ2) is 14.2. The number of carbonyl (C=O) groups excluding carboxylic acids is 1. The van der Waals surface area contributed by atoms with Crippen LogP contribution in [0.5, 0.6) is 0 Å². The fraction of sp³-hybridized carbons (Fsp3) is 0.531. The van der Waals surface area contributed by atoms with Crippen LogP contribution in [-0.2, 0) is 11.4 Å². The van der Waals surface area contributed by atoms with Gasteiger partial charge >= 0.3 is 5.97 Å². The molecule has 0 unspecified atom stereocenters. The van der Waals surface area contributed by atoms with Crippen LogP contribution in [-0.4, -0.2) is 45.1 Å². The highest BCUT2D eigenvalue weighted by Gasteiger charge is 2.37. The summed E-state index contributed by atoms with van der Waals surface area (Å²) in [5.74, 6) is -0.357. The number of allylic oxidation sites excluding steroid dienone is 2. The molecule has 3 aliphatic carbocycles. The zero-order valence-electron chi connectivity index (χ0n) is 23.3. The molecule has 1 amide bonds. The highest BCUT2D eigenvalue weighted by atomic mass is 32.1. The molecule has 2 fully saturated rings. The van der Waals surface area contributed by atoms with Gasteiger partial charge in [0.05, 0.1) is 18.4 Å². The van der Waals surface area contributed by atoms with Gasteiger partial charge in [-0.05, 0) is 87.3 Å². The van der Waals surface area contributed by atoms with Crippen LogP contribution in [0.25, 0.3) is 5.57 Å². The van der Waals surface area contributed by atoms with Gasteiger partial charge in [-0.25, -0.2) is 4.79 Å². The Bertz CT molecular complexity index is 1190. The minimum absolute atomic E-state index is 0.0580. The van der Waals surface area contributed by atoms with E-state index in [0.29, 0.717) is 55.8 Å². The van der Waals surface area contributed by atoms with Crippen LogP contribution in [0.3, 0.4) is 0 Å². The van der Waals surface area contributed by atoms with Crippen LogP contribution in [0.4, 0.5) is 5.69 Å². The first-order chi connectivity index (χ1) is 19.3. The lowest BCUT2D eigenvalue weighted by molar-refractivity contribution is -0.124. The third-order valence-corrected chi connectivity index (χ3v) is 9.62. The topological polar surface area (TPSA) is 122 Å². The first kappa shape index (κ1) is 30.2. The summed E-state index contributed by atoms with van der Waals surface area (Å²) in [7, 11) is 0. The molecule has 216 valence electrons. The summed E-state index contributed by atoms with van der Waals surface area (Å²) in [4.78, 5) is 29.0. The lowest BCUT2D eigenvalue weighted by Gasteiger charge is -2.38. The van der Waals surface area contributed by atoms with Gasteiger partial charge in [-0.2, -0.15) is 0 Å². The van der Waals surface area contributed by atoms with Gasteiger partial charge < -0.3 is 25.6 Å². The molecule has 3 aliphatic rings. The minimum atomic E-state index is -0.994. The molecule has 0 bridgehead atoms. The second-order valence-electron chi connectivity index (χ2n) is 11.4. The zero-order valence-corrected chi connectivity index (χ0v) is 24.2. The van der Waals surface area contributed by atoms with Crippen LogP contribution < -0.4 is 4.90 Å². The summed E-state index contributed by atoms with van der Waals surface area (Å²) >= 11 is 1.25. The molecular weight excluding hydrogens is 524 g/mol. The maximum Gasteiger partial charge on any atom is 0.348 e. The van der Waals surface area contributed by atoms with Crippen LogP contribution in [0.15, 0.2) is 42.5 Å². The molecule has 40 heavy (non-hydrogen) atoms. The number of carboxylic acid groups (broad SMARTS) is 1. The summed E-state index contributed by atoms with van der Waals surface area (Å²) in [6.45, 7) is 2.37. The molecule has 4 N–H and O–H groups in total. The fourth-order valence-corrected chi connectivity index (χ4v) is 6.99. The Hall–Kier alpha value is -2.81. The predicted molar refractivity (Wildman–Crippen MR) is 160 cm³/mol. The quantitative estimate of drug-likeness (QED) is 0.311. The van der Waals surface area contributed by atoms with Gasteiger partial charge in [0.2, 0.25) is 5.91 Å². The summed E-state index contributed by atoms with van der Waals surface area (Å²) in [5.41, 5.74) is 3.28. The number of aliphatic hydroxyl groups is 2. The number of anilines is 1. The van der Waals surface area contributed by atoms with Crippen molar-refractivity contribution in [1.82, 2.24) is 0 Å². The predicted octanol–water partition coefficient (Wildman–Crippen LogP) is 6.68. The summed E-state index contributed by atoms with van der Waals surface area (Å²) in [6, 6.07) is 11.4. The van der Waals surface area contributed by atoms with Crippen molar-refractivity contribution in [2.24, 2.45) is 11.8 Å². The number of aromatic carboxylic acids is 1. The van der Waals surface area contributed by atoms with Crippen molar-refractivity contribution in [3.05, 3.63) is 57.8 Å². The number of hydrogen-bond donors (Lipinski definition) is 4. The first-order valence-electron chi connectivity index (χ1n) is 14.6. The van der Waals surface area contributed by atoms with E-state index in [1.165, 1.54) is 11.3 Å². The van der Waals surface area contributed by atoms with E-state index in [9.17, 15) is 19.8 Å². The Morgan fingerprint density at radius 1 is 1.00 bits per heavy atom. The molecule has 7 nitrogen and oxygen atoms in total. The number of rotatable bonds is 6. The van der Waals surface area contributed by atoms with Crippen molar-refractivity contribution in [2.75, 3.05) is 4.90 Å². The standard InChI is InChI=1S/C25H34N2O4S.C7H8O/c1-15-2-4-17(5-3-15)24(29)27(19-10-12-20(28)13-11-19)21-14-22(32-23(21)25(30)31)16-6-8-18(26)9-7-16;8-6-7-4-2-1-3-5-7/h6,14-15,17,19-20,26,28H,2-5,7-13H2,1H3,(H,30,31);1-5,8H,6H2. The number of aliphatic hydroxyl groups excluding tert-OH is 2. The number of nitrogens with one attached hydrogen (secondary N) is 1. The molecule has 2 aromatic rings. The lowest BCUT2D eigenvalue weighted by atomic mass is 9.81. The first-order valence-corrected chi connectivity index (χ1v) is 15.4. The zero-order chi connectivity index (χ0) is 28.6. The molecule has 0 radical (unpaired) electrons. The van der Waals surface area contributed by atoms with Crippen molar-refractivity contribution in [1.29, 1.82) is 5.41 Å². The molecule has 0 spiro atoms.